The lowest BCUT2D eigenvalue weighted by molar-refractivity contribution is -0.155. The maximum atomic E-state index is 12.3. The van der Waals surface area contributed by atoms with Crippen LogP contribution in [0.15, 0.2) is 104 Å². The Balaban J connectivity index is 1.33. The van der Waals surface area contributed by atoms with Crippen molar-refractivity contribution in [2.45, 2.75) is 43.9 Å². The van der Waals surface area contributed by atoms with Gasteiger partial charge in [0.2, 0.25) is 0 Å². The van der Waals surface area contributed by atoms with E-state index in [4.69, 9.17) is 15.2 Å². The normalized spacial score (nSPS) is 19.2. The van der Waals surface area contributed by atoms with Crippen molar-refractivity contribution in [1.82, 2.24) is 19.5 Å². The fourth-order valence-electron chi connectivity index (χ4n) is 6.11. The van der Waals surface area contributed by atoms with Crippen LogP contribution in [0.25, 0.3) is 11.2 Å². The van der Waals surface area contributed by atoms with Crippen LogP contribution < -0.4 is 5.73 Å². The van der Waals surface area contributed by atoms with E-state index in [2.05, 4.69) is 51.4 Å². The Bertz CT molecular complexity index is 1510. The molecule has 0 radical (unpaired) electrons. The van der Waals surface area contributed by atoms with Crippen molar-refractivity contribution in [2.24, 2.45) is 5.92 Å². The molecule has 0 amide bonds. The van der Waals surface area contributed by atoms with Gasteiger partial charge in [-0.1, -0.05) is 91.0 Å². The number of anilines is 1. The molecular weight excluding hydrogens is 514 g/mol. The minimum atomic E-state index is -0.837. The number of nitrogen functional groups attached to an aromatic ring is 1. The summed E-state index contributed by atoms with van der Waals surface area (Å²) < 4.78 is 15.1. The molecule has 1 saturated carbocycles. The monoisotopic (exact) mass is 547 g/mol. The maximum absolute atomic E-state index is 12.3. The third-order valence-electron chi connectivity index (χ3n) is 8.05. The lowest BCUT2D eigenvalue weighted by atomic mass is 9.79. The van der Waals surface area contributed by atoms with Crippen LogP contribution >= 0.6 is 0 Å². The lowest BCUT2D eigenvalue weighted by Crippen LogP contribution is -2.40. The lowest BCUT2D eigenvalue weighted by Gasteiger charge is -2.40. The van der Waals surface area contributed by atoms with Gasteiger partial charge in [-0.15, -0.1) is 0 Å². The van der Waals surface area contributed by atoms with Gasteiger partial charge in [0.15, 0.2) is 11.5 Å². The molecule has 208 valence electrons. The number of carbonyl (C=O) groups excluding carboxylic acids is 1. The highest BCUT2D eigenvalue weighted by Gasteiger charge is 2.41. The number of esters is 1. The summed E-state index contributed by atoms with van der Waals surface area (Å²) >= 11 is 0. The molecule has 1 aliphatic carbocycles. The zero-order valence-corrected chi connectivity index (χ0v) is 23.0. The Morgan fingerprint density at radius 2 is 1.46 bits per heavy atom. The van der Waals surface area contributed by atoms with Crippen LogP contribution in [0.4, 0.5) is 5.82 Å². The molecule has 8 nitrogen and oxygen atoms in total. The van der Waals surface area contributed by atoms with Gasteiger partial charge >= 0.3 is 5.97 Å². The first kappa shape index (κ1) is 26.7. The SMILES string of the molecule is CC(=O)O[C@@H]1C[C@H](n2cnc3c(N)ncnc32)CC[C@H]1COC(c1ccccc1)(c1ccccc1)c1ccccc1. The minimum Gasteiger partial charge on any atom is -0.462 e. The summed E-state index contributed by atoms with van der Waals surface area (Å²) in [7, 11) is 0. The van der Waals surface area contributed by atoms with E-state index in [1.165, 1.54) is 13.3 Å². The van der Waals surface area contributed by atoms with Crippen LogP contribution in [0.2, 0.25) is 0 Å². The van der Waals surface area contributed by atoms with Gasteiger partial charge in [0.25, 0.3) is 0 Å². The van der Waals surface area contributed by atoms with Crippen molar-refractivity contribution in [3.05, 3.63) is 120 Å². The Kier molecular flexibility index (Phi) is 7.48. The first-order chi connectivity index (χ1) is 20.1. The van der Waals surface area contributed by atoms with Crippen LogP contribution in [-0.2, 0) is 19.9 Å². The van der Waals surface area contributed by atoms with Crippen LogP contribution in [0.5, 0.6) is 0 Å². The summed E-state index contributed by atoms with van der Waals surface area (Å²) in [6.45, 7) is 1.87. The minimum absolute atomic E-state index is 0.000132. The van der Waals surface area contributed by atoms with E-state index in [0.29, 0.717) is 30.0 Å². The topological polar surface area (TPSA) is 105 Å². The molecule has 2 heterocycles. The standard InChI is InChI=1S/C33H33N5O3/c1-23(39)41-29-19-28(38-22-37-30-31(34)35-21-36-32(30)38)18-17-24(29)20-40-33(25-11-5-2-6-12-25,26-13-7-3-8-14-26)27-15-9-4-10-16-27/h2-16,21-22,24,28-29H,17-20H2,1H3,(H2,34,35,36)/t24-,28+,29+/m0/s1. The number of nitrogens with two attached hydrogens (primary N) is 1. The molecule has 2 aromatic heterocycles. The molecule has 2 N–H and O–H groups in total. The summed E-state index contributed by atoms with van der Waals surface area (Å²) in [6.07, 6.45) is 5.16. The quantitative estimate of drug-likeness (QED) is 0.197. The molecule has 0 bridgehead atoms. The summed E-state index contributed by atoms with van der Waals surface area (Å²) in [5.41, 5.74) is 9.58. The van der Waals surface area contributed by atoms with Crippen LogP contribution in [0.3, 0.4) is 0 Å². The second-order valence-electron chi connectivity index (χ2n) is 10.5. The molecule has 0 saturated heterocycles. The zero-order chi connectivity index (χ0) is 28.2. The molecule has 3 aromatic carbocycles. The van der Waals surface area contributed by atoms with E-state index in [9.17, 15) is 4.79 Å². The number of hydrogen-bond acceptors (Lipinski definition) is 7. The van der Waals surface area contributed by atoms with Gasteiger partial charge in [-0.25, -0.2) is 15.0 Å². The van der Waals surface area contributed by atoms with E-state index in [1.54, 1.807) is 6.33 Å². The zero-order valence-electron chi connectivity index (χ0n) is 23.0. The van der Waals surface area contributed by atoms with Crippen molar-refractivity contribution in [2.75, 3.05) is 12.3 Å². The number of hydrogen-bond donors (Lipinski definition) is 1. The van der Waals surface area contributed by atoms with Crippen molar-refractivity contribution in [1.29, 1.82) is 0 Å². The largest absolute Gasteiger partial charge is 0.462 e. The van der Waals surface area contributed by atoms with Crippen LogP contribution in [-0.4, -0.2) is 38.2 Å². The van der Waals surface area contributed by atoms with Crippen molar-refractivity contribution >= 4 is 23.0 Å². The molecule has 8 heteroatoms. The number of carbonyl (C=O) groups is 1. The van der Waals surface area contributed by atoms with E-state index in [-0.39, 0.29) is 24.0 Å². The molecule has 3 atom stereocenters. The van der Waals surface area contributed by atoms with Crippen molar-refractivity contribution < 1.29 is 14.3 Å². The highest BCUT2D eigenvalue weighted by molar-refractivity contribution is 5.81. The van der Waals surface area contributed by atoms with Crippen molar-refractivity contribution in [3.8, 4) is 0 Å². The van der Waals surface area contributed by atoms with E-state index in [0.717, 1.165) is 29.5 Å². The summed E-state index contributed by atoms with van der Waals surface area (Å²) in [5.74, 6) is 0.0507. The maximum Gasteiger partial charge on any atom is 0.302 e. The molecule has 6 rings (SSSR count). The van der Waals surface area contributed by atoms with E-state index < -0.39 is 5.60 Å². The fraction of sp³-hybridized carbons (Fsp3) is 0.273. The number of imidazole rings is 1. The third kappa shape index (κ3) is 5.18. The molecule has 41 heavy (non-hydrogen) atoms. The smallest absolute Gasteiger partial charge is 0.302 e. The molecule has 0 unspecified atom stereocenters. The number of ether oxygens (including phenoxy) is 2. The van der Waals surface area contributed by atoms with Gasteiger partial charge in [0, 0.05) is 25.3 Å². The van der Waals surface area contributed by atoms with E-state index >= 15 is 0 Å². The summed E-state index contributed by atoms with van der Waals surface area (Å²) in [5, 5.41) is 0. The molecule has 1 aliphatic rings. The summed E-state index contributed by atoms with van der Waals surface area (Å²) in [4.78, 5) is 25.2. The Morgan fingerprint density at radius 1 is 0.878 bits per heavy atom. The Morgan fingerprint density at radius 3 is 2.02 bits per heavy atom. The van der Waals surface area contributed by atoms with Gasteiger partial charge in [0.1, 0.15) is 23.5 Å². The molecular formula is C33H33N5O3. The van der Waals surface area contributed by atoms with Crippen LogP contribution in [0, 0.1) is 5.92 Å². The molecule has 0 aliphatic heterocycles. The predicted molar refractivity (Wildman–Crippen MR) is 157 cm³/mol. The van der Waals surface area contributed by atoms with Gasteiger partial charge in [-0.2, -0.15) is 0 Å². The Hall–Kier alpha value is -4.56. The Labute approximate surface area is 239 Å². The van der Waals surface area contributed by atoms with Gasteiger partial charge in [0.05, 0.1) is 12.9 Å². The highest BCUT2D eigenvalue weighted by atomic mass is 16.5. The van der Waals surface area contributed by atoms with Crippen molar-refractivity contribution in [3.63, 3.8) is 0 Å². The number of fused-ring (bicyclic) bond motifs is 1. The van der Waals surface area contributed by atoms with Gasteiger partial charge in [-0.05, 0) is 29.5 Å². The van der Waals surface area contributed by atoms with Gasteiger partial charge in [-0.3, -0.25) is 4.79 Å². The number of nitrogens with zero attached hydrogens (tertiary/aromatic N) is 4. The second-order valence-corrected chi connectivity index (χ2v) is 10.5. The first-order valence-electron chi connectivity index (χ1n) is 14.0. The number of rotatable bonds is 8. The molecule has 0 spiro atoms. The van der Waals surface area contributed by atoms with Gasteiger partial charge < -0.3 is 19.8 Å². The summed E-state index contributed by atoms with van der Waals surface area (Å²) in [6, 6.07) is 31.0. The van der Waals surface area contributed by atoms with E-state index in [1.807, 2.05) is 59.2 Å². The van der Waals surface area contributed by atoms with Crippen LogP contribution in [0.1, 0.15) is 48.9 Å². The number of benzene rings is 3. The highest BCUT2D eigenvalue weighted by Crippen LogP contribution is 2.43. The average molecular weight is 548 g/mol. The first-order valence-corrected chi connectivity index (χ1v) is 14.0. The third-order valence-corrected chi connectivity index (χ3v) is 8.05. The molecule has 1 fully saturated rings. The second kappa shape index (κ2) is 11.5. The molecule has 5 aromatic rings. The fourth-order valence-corrected chi connectivity index (χ4v) is 6.11. The average Bonchev–Trinajstić information content (AvgIpc) is 3.45. The predicted octanol–water partition coefficient (Wildman–Crippen LogP) is 5.69. The number of aromatic nitrogens is 4.